The van der Waals surface area contributed by atoms with Gasteiger partial charge in [-0.3, -0.25) is 14.7 Å². The summed E-state index contributed by atoms with van der Waals surface area (Å²) in [7, 11) is 3.74. The van der Waals surface area contributed by atoms with E-state index in [1.165, 1.54) is 0 Å². The summed E-state index contributed by atoms with van der Waals surface area (Å²) in [5.41, 5.74) is 10.0. The number of carbonyl (C=O) groups is 2. The van der Waals surface area contributed by atoms with Crippen LogP contribution in [0.15, 0.2) is 30.5 Å². The van der Waals surface area contributed by atoms with Crippen LogP contribution in [0.5, 0.6) is 0 Å². The Hall–Kier alpha value is -3.29. The molecule has 0 bridgehead atoms. The minimum absolute atomic E-state index is 0.106. The molecule has 8 nitrogen and oxygen atoms in total. The normalized spacial score (nSPS) is 13.7. The number of aromatic nitrogens is 4. The van der Waals surface area contributed by atoms with Crippen LogP contribution in [0.2, 0.25) is 0 Å². The summed E-state index contributed by atoms with van der Waals surface area (Å²) in [6.07, 6.45) is 2.63. The van der Waals surface area contributed by atoms with Crippen molar-refractivity contribution in [1.82, 2.24) is 24.2 Å². The summed E-state index contributed by atoms with van der Waals surface area (Å²) in [5.74, 6) is -0.564. The predicted molar refractivity (Wildman–Crippen MR) is 95.4 cm³/mol. The maximum atomic E-state index is 12.9. The number of nitrogens with one attached hydrogen (secondary N) is 1. The fourth-order valence-electron chi connectivity index (χ4n) is 3.52. The second kappa shape index (κ2) is 5.91. The van der Waals surface area contributed by atoms with Crippen molar-refractivity contribution in [2.24, 2.45) is 19.8 Å². The lowest BCUT2D eigenvalue weighted by Crippen LogP contribution is -2.36. The summed E-state index contributed by atoms with van der Waals surface area (Å²) < 4.78 is 3.73. The fourth-order valence-corrected chi connectivity index (χ4v) is 3.52. The van der Waals surface area contributed by atoms with Crippen LogP contribution in [0, 0.1) is 0 Å². The quantitative estimate of drug-likeness (QED) is 0.736. The number of carbonyl (C=O) groups excluding carboxylic acids is 2. The number of fused-ring (bicyclic) bond motifs is 1. The van der Waals surface area contributed by atoms with Gasteiger partial charge in [-0.15, -0.1) is 0 Å². The van der Waals surface area contributed by atoms with Crippen LogP contribution in [-0.4, -0.2) is 42.6 Å². The van der Waals surface area contributed by atoms with Gasteiger partial charge in [0.2, 0.25) is 0 Å². The maximum Gasteiger partial charge on any atom is 0.272 e. The minimum atomic E-state index is -0.458. The molecular formula is C18H20N6O2. The number of hydrogen-bond acceptors (Lipinski definition) is 3. The zero-order valence-corrected chi connectivity index (χ0v) is 14.7. The number of rotatable bonds is 3. The highest BCUT2D eigenvalue weighted by atomic mass is 16.2. The second-order valence-corrected chi connectivity index (χ2v) is 6.57. The van der Waals surface area contributed by atoms with E-state index in [1.54, 1.807) is 22.6 Å². The Kier molecular flexibility index (Phi) is 3.68. The summed E-state index contributed by atoms with van der Waals surface area (Å²) in [5, 5.41) is 7.11. The van der Waals surface area contributed by atoms with Crippen LogP contribution >= 0.6 is 0 Å². The molecule has 3 aromatic heterocycles. The molecule has 4 rings (SSSR count). The number of hydrogen-bond donors (Lipinski definition) is 2. The Morgan fingerprint density at radius 2 is 2.08 bits per heavy atom. The Labute approximate surface area is 150 Å². The third kappa shape index (κ3) is 2.50. The third-order valence-corrected chi connectivity index (χ3v) is 4.99. The van der Waals surface area contributed by atoms with Gasteiger partial charge < -0.3 is 19.8 Å². The van der Waals surface area contributed by atoms with Gasteiger partial charge in [0, 0.05) is 32.5 Å². The van der Waals surface area contributed by atoms with E-state index in [0.717, 1.165) is 22.6 Å². The number of H-pyrrole nitrogens is 1. The maximum absolute atomic E-state index is 12.9. The smallest absolute Gasteiger partial charge is 0.272 e. The van der Waals surface area contributed by atoms with Crippen LogP contribution in [0.4, 0.5) is 0 Å². The van der Waals surface area contributed by atoms with Gasteiger partial charge in [-0.1, -0.05) is 0 Å². The molecule has 0 fully saturated rings. The molecule has 3 N–H and O–H groups in total. The minimum Gasteiger partial charge on any atom is -0.364 e. The summed E-state index contributed by atoms with van der Waals surface area (Å²) in [6, 6.07) is 7.48. The summed E-state index contributed by atoms with van der Waals surface area (Å²) in [4.78, 5) is 26.2. The van der Waals surface area contributed by atoms with Crippen molar-refractivity contribution < 1.29 is 9.59 Å². The number of aromatic amines is 1. The van der Waals surface area contributed by atoms with E-state index in [1.807, 2.05) is 36.0 Å². The third-order valence-electron chi connectivity index (χ3n) is 4.99. The first-order valence-electron chi connectivity index (χ1n) is 8.39. The molecule has 0 aromatic carbocycles. The van der Waals surface area contributed by atoms with Gasteiger partial charge in [0.1, 0.15) is 17.1 Å². The zero-order valence-electron chi connectivity index (χ0n) is 14.7. The molecular weight excluding hydrogens is 332 g/mol. The van der Waals surface area contributed by atoms with Crippen molar-refractivity contribution in [2.75, 3.05) is 6.54 Å². The van der Waals surface area contributed by atoms with E-state index < -0.39 is 5.91 Å². The molecule has 0 radical (unpaired) electrons. The van der Waals surface area contributed by atoms with E-state index in [4.69, 9.17) is 5.73 Å². The molecule has 2 amide bonds. The van der Waals surface area contributed by atoms with Gasteiger partial charge in [0.05, 0.1) is 12.2 Å². The van der Waals surface area contributed by atoms with E-state index >= 15 is 0 Å². The van der Waals surface area contributed by atoms with Crippen molar-refractivity contribution in [3.8, 4) is 11.4 Å². The molecule has 0 saturated carbocycles. The Bertz CT molecular complexity index is 1010. The molecule has 0 atom stereocenters. The summed E-state index contributed by atoms with van der Waals surface area (Å²) in [6.45, 7) is 1.03. The van der Waals surface area contributed by atoms with Crippen molar-refractivity contribution in [3.63, 3.8) is 0 Å². The van der Waals surface area contributed by atoms with Crippen LogP contribution in [0.25, 0.3) is 11.4 Å². The van der Waals surface area contributed by atoms with Crippen molar-refractivity contribution in [1.29, 1.82) is 0 Å². The molecule has 1 aliphatic heterocycles. The lowest BCUT2D eigenvalue weighted by atomic mass is 10.1. The van der Waals surface area contributed by atoms with Crippen molar-refractivity contribution in [3.05, 3.63) is 53.1 Å². The number of nitrogens with two attached hydrogens (primary N) is 1. The average Bonchev–Trinajstić information content (AvgIpc) is 3.33. The van der Waals surface area contributed by atoms with Crippen LogP contribution in [0.3, 0.4) is 0 Å². The monoisotopic (exact) mass is 352 g/mol. The first-order chi connectivity index (χ1) is 12.5. The summed E-state index contributed by atoms with van der Waals surface area (Å²) >= 11 is 0. The van der Waals surface area contributed by atoms with Crippen molar-refractivity contribution >= 4 is 11.8 Å². The molecule has 0 spiro atoms. The standard InChI is InChI=1S/C18H20N6O2/c1-22-6-3-4-14(22)12-9-13(21-20-12)18(26)24-7-5-11-8-15(17(19)25)23(2)16(11)10-24/h3-4,6,8-9H,5,7,10H2,1-2H3,(H2,19,25)(H,20,21). The highest BCUT2D eigenvalue weighted by Crippen LogP contribution is 2.24. The Morgan fingerprint density at radius 3 is 2.77 bits per heavy atom. The lowest BCUT2D eigenvalue weighted by Gasteiger charge is -2.27. The van der Waals surface area contributed by atoms with Gasteiger partial charge in [-0.2, -0.15) is 5.10 Å². The van der Waals surface area contributed by atoms with E-state index in [-0.39, 0.29) is 5.91 Å². The van der Waals surface area contributed by atoms with Gasteiger partial charge in [-0.05, 0) is 36.2 Å². The molecule has 134 valence electrons. The van der Waals surface area contributed by atoms with Crippen LogP contribution in [0.1, 0.15) is 32.2 Å². The second-order valence-electron chi connectivity index (χ2n) is 6.57. The fraction of sp³-hybridized carbons (Fsp3) is 0.278. The Morgan fingerprint density at radius 1 is 1.27 bits per heavy atom. The van der Waals surface area contributed by atoms with E-state index in [2.05, 4.69) is 10.2 Å². The number of amides is 2. The van der Waals surface area contributed by atoms with E-state index in [0.29, 0.717) is 30.9 Å². The Balaban J connectivity index is 1.58. The zero-order chi connectivity index (χ0) is 18.4. The topological polar surface area (TPSA) is 102 Å². The molecule has 1 aliphatic rings. The van der Waals surface area contributed by atoms with E-state index in [9.17, 15) is 9.59 Å². The van der Waals surface area contributed by atoms with Gasteiger partial charge in [-0.25, -0.2) is 0 Å². The largest absolute Gasteiger partial charge is 0.364 e. The molecule has 0 saturated heterocycles. The average molecular weight is 352 g/mol. The molecule has 8 heteroatoms. The number of primary amides is 1. The highest BCUT2D eigenvalue weighted by Gasteiger charge is 2.27. The SMILES string of the molecule is Cn1cccc1-c1cc(C(=O)N2CCc3cc(C(N)=O)n(C)c3C2)[nH]n1. The molecule has 3 aromatic rings. The first kappa shape index (κ1) is 16.2. The van der Waals surface area contributed by atoms with Gasteiger partial charge in [0.15, 0.2) is 0 Å². The molecule has 4 heterocycles. The highest BCUT2D eigenvalue weighted by molar-refractivity contribution is 5.94. The lowest BCUT2D eigenvalue weighted by molar-refractivity contribution is 0.0724. The van der Waals surface area contributed by atoms with Gasteiger partial charge >= 0.3 is 0 Å². The van der Waals surface area contributed by atoms with Crippen molar-refractivity contribution in [2.45, 2.75) is 13.0 Å². The predicted octanol–water partition coefficient (Wildman–Crippen LogP) is 1.05. The number of nitrogens with zero attached hydrogens (tertiary/aromatic N) is 4. The van der Waals surface area contributed by atoms with Crippen LogP contribution in [-0.2, 0) is 27.1 Å². The molecule has 26 heavy (non-hydrogen) atoms. The van der Waals surface area contributed by atoms with Crippen LogP contribution < -0.4 is 5.73 Å². The molecule has 0 unspecified atom stereocenters. The van der Waals surface area contributed by atoms with Gasteiger partial charge in [0.25, 0.3) is 11.8 Å². The molecule has 0 aliphatic carbocycles. The first-order valence-corrected chi connectivity index (χ1v) is 8.39. The number of aryl methyl sites for hydroxylation is 1.